The van der Waals surface area contributed by atoms with Crippen LogP contribution in [0.2, 0.25) is 5.02 Å². The summed E-state index contributed by atoms with van der Waals surface area (Å²) >= 11 is 5.70. The second kappa shape index (κ2) is 8.30. The molecule has 0 spiro atoms. The van der Waals surface area contributed by atoms with Crippen molar-refractivity contribution in [1.82, 2.24) is 4.98 Å². The van der Waals surface area contributed by atoms with E-state index in [-0.39, 0.29) is 23.9 Å². The van der Waals surface area contributed by atoms with Crippen LogP contribution in [0.1, 0.15) is 12.0 Å². The third kappa shape index (κ3) is 4.95. The minimum absolute atomic E-state index is 0.0754. The van der Waals surface area contributed by atoms with Crippen LogP contribution in [-0.2, 0) is 0 Å². The number of nitrogens with one attached hydrogen (secondary N) is 2. The normalized spacial score (nSPS) is 11.5. The number of hydrogen-bond donors (Lipinski definition) is 2. The van der Waals surface area contributed by atoms with Gasteiger partial charge in [-0.1, -0.05) is 11.6 Å². The zero-order chi connectivity index (χ0) is 17.5. The lowest BCUT2D eigenvalue weighted by Crippen LogP contribution is -2.03. The van der Waals surface area contributed by atoms with Gasteiger partial charge < -0.3 is 10.1 Å². The minimum atomic E-state index is -2.92. The van der Waals surface area contributed by atoms with Gasteiger partial charge in [0.25, 0.3) is 6.43 Å². The number of hydrogen-bond acceptors (Lipinski definition) is 5. The summed E-state index contributed by atoms with van der Waals surface area (Å²) in [4.78, 5) is 3.91. The highest BCUT2D eigenvalue weighted by atomic mass is 35.5. The van der Waals surface area contributed by atoms with Crippen LogP contribution >= 0.6 is 11.6 Å². The van der Waals surface area contributed by atoms with E-state index < -0.39 is 17.8 Å². The quantitative estimate of drug-likeness (QED) is 0.672. The Bertz CT molecular complexity index is 738. The average molecular weight is 357 g/mol. The first-order chi connectivity index (χ1) is 11.5. The third-order valence-electron chi connectivity index (χ3n) is 2.85. The van der Waals surface area contributed by atoms with Crippen molar-refractivity contribution in [1.29, 1.82) is 5.53 Å². The van der Waals surface area contributed by atoms with Crippen LogP contribution in [-0.4, -0.2) is 11.6 Å². The second-order valence-corrected chi connectivity index (χ2v) is 4.97. The predicted octanol–water partition coefficient (Wildman–Crippen LogP) is 5.17. The molecule has 1 aromatic heterocycles. The number of benzene rings is 1. The van der Waals surface area contributed by atoms with E-state index in [1.165, 1.54) is 18.5 Å². The van der Waals surface area contributed by atoms with Crippen molar-refractivity contribution in [3.05, 3.63) is 64.8 Å². The molecule has 0 aliphatic heterocycles. The molecule has 5 nitrogen and oxygen atoms in total. The summed E-state index contributed by atoms with van der Waals surface area (Å²) in [6.07, 6.45) is -0.220. The first-order valence-corrected chi connectivity index (χ1v) is 7.02. The molecule has 0 saturated heterocycles. The van der Waals surface area contributed by atoms with Crippen LogP contribution in [0, 0.1) is 11.3 Å². The summed E-state index contributed by atoms with van der Waals surface area (Å²) in [6.45, 7) is -0.0754. The molecular formula is C15H12ClF3N4O. The molecule has 0 bridgehead atoms. The van der Waals surface area contributed by atoms with E-state index in [2.05, 4.69) is 15.4 Å². The van der Waals surface area contributed by atoms with Gasteiger partial charge in [0.05, 0.1) is 10.6 Å². The molecular weight excluding hydrogens is 345 g/mol. The van der Waals surface area contributed by atoms with Crippen molar-refractivity contribution in [2.45, 2.75) is 6.43 Å². The molecule has 2 N–H and O–H groups in total. The number of halogens is 4. The van der Waals surface area contributed by atoms with Crippen LogP contribution in [0.3, 0.4) is 0 Å². The largest absolute Gasteiger partial charge is 0.471 e. The molecule has 126 valence electrons. The van der Waals surface area contributed by atoms with Crippen molar-refractivity contribution < 1.29 is 17.9 Å². The van der Waals surface area contributed by atoms with Crippen LogP contribution < -0.4 is 10.1 Å². The predicted molar refractivity (Wildman–Crippen MR) is 83.0 cm³/mol. The maximum absolute atomic E-state index is 13.2. The summed E-state index contributed by atoms with van der Waals surface area (Å²) < 4.78 is 43.8. The van der Waals surface area contributed by atoms with E-state index in [9.17, 15) is 13.2 Å². The molecule has 2 aromatic rings. The Morgan fingerprint density at radius 1 is 1.38 bits per heavy atom. The lowest BCUT2D eigenvalue weighted by molar-refractivity contribution is 0.146. The third-order valence-corrected chi connectivity index (χ3v) is 3.07. The summed E-state index contributed by atoms with van der Waals surface area (Å²) in [7, 11) is 0. The van der Waals surface area contributed by atoms with Gasteiger partial charge in [0.15, 0.2) is 0 Å². The molecule has 24 heavy (non-hydrogen) atoms. The van der Waals surface area contributed by atoms with E-state index in [0.29, 0.717) is 5.02 Å². The maximum Gasteiger partial charge on any atom is 0.266 e. The van der Waals surface area contributed by atoms with E-state index in [0.717, 1.165) is 12.1 Å². The second-order valence-electron chi connectivity index (χ2n) is 4.53. The molecule has 0 aliphatic rings. The molecule has 0 amide bonds. The molecule has 9 heteroatoms. The summed E-state index contributed by atoms with van der Waals surface area (Å²) in [5.41, 5.74) is 6.79. The van der Waals surface area contributed by atoms with Gasteiger partial charge in [-0.3, -0.25) is 0 Å². The van der Waals surface area contributed by atoms with E-state index in [4.69, 9.17) is 21.9 Å². The van der Waals surface area contributed by atoms with Crippen molar-refractivity contribution in [3.63, 3.8) is 0 Å². The highest BCUT2D eigenvalue weighted by molar-refractivity contribution is 6.30. The van der Waals surface area contributed by atoms with Crippen LogP contribution in [0.25, 0.3) is 0 Å². The smallest absolute Gasteiger partial charge is 0.266 e. The Hall–Kier alpha value is -2.61. The van der Waals surface area contributed by atoms with Crippen molar-refractivity contribution in [3.8, 4) is 5.88 Å². The highest BCUT2D eigenvalue weighted by Crippen LogP contribution is 2.25. The number of anilines is 1. The molecule has 1 heterocycles. The zero-order valence-electron chi connectivity index (χ0n) is 12.1. The zero-order valence-corrected chi connectivity index (χ0v) is 12.9. The van der Waals surface area contributed by atoms with Gasteiger partial charge in [0.1, 0.15) is 18.1 Å². The van der Waals surface area contributed by atoms with Gasteiger partial charge in [-0.15, -0.1) is 0 Å². The Labute approximate surface area is 140 Å². The summed E-state index contributed by atoms with van der Waals surface area (Å²) in [6, 6.07) is 6.35. The van der Waals surface area contributed by atoms with Crippen molar-refractivity contribution in [2.75, 3.05) is 11.9 Å². The molecule has 0 saturated carbocycles. The first kappa shape index (κ1) is 17.7. The number of alkyl halides is 2. The molecule has 0 unspecified atom stereocenters. The van der Waals surface area contributed by atoms with Crippen molar-refractivity contribution >= 4 is 17.3 Å². The fourth-order valence-electron chi connectivity index (χ4n) is 1.67. The van der Waals surface area contributed by atoms with Gasteiger partial charge in [0.2, 0.25) is 5.88 Å². The number of rotatable bonds is 7. The Morgan fingerprint density at radius 2 is 2.17 bits per heavy atom. The first-order valence-electron chi connectivity index (χ1n) is 6.64. The van der Waals surface area contributed by atoms with Gasteiger partial charge in [-0.05, 0) is 24.3 Å². The van der Waals surface area contributed by atoms with Gasteiger partial charge in [-0.2, -0.15) is 5.11 Å². The molecule has 0 atom stereocenters. The van der Waals surface area contributed by atoms with Gasteiger partial charge in [-0.25, -0.2) is 23.7 Å². The number of ether oxygens (including phenoxy) is 1. The standard InChI is InChI=1S/C15H12ClF3N4O/c16-9-1-4-14(22-6-9)24-8-11(23-20)7-21-10-2-3-13(17)12(5-10)15(18)19/h1-7,15,20-21H,8H2/b11-7-,23-20?. The molecule has 2 rings (SSSR count). The SMILES string of the molecule is N=N/C(=C\Nc1ccc(F)c(C(F)F)c1)COc1ccc(Cl)cn1. The summed E-state index contributed by atoms with van der Waals surface area (Å²) in [5, 5.41) is 6.38. The van der Waals surface area contributed by atoms with Gasteiger partial charge >= 0.3 is 0 Å². The highest BCUT2D eigenvalue weighted by Gasteiger charge is 2.13. The lowest BCUT2D eigenvalue weighted by Gasteiger charge is -2.08. The molecule has 0 radical (unpaired) electrons. The van der Waals surface area contributed by atoms with E-state index >= 15 is 0 Å². The molecule has 0 aliphatic carbocycles. The van der Waals surface area contributed by atoms with Crippen molar-refractivity contribution in [2.24, 2.45) is 5.11 Å². The Balaban J connectivity index is 2.01. The fraction of sp³-hybridized carbons (Fsp3) is 0.133. The number of pyridine rings is 1. The Morgan fingerprint density at radius 3 is 2.79 bits per heavy atom. The average Bonchev–Trinajstić information content (AvgIpc) is 2.57. The maximum atomic E-state index is 13.2. The van der Waals surface area contributed by atoms with E-state index in [1.807, 2.05) is 0 Å². The fourth-order valence-corrected chi connectivity index (χ4v) is 1.78. The monoisotopic (exact) mass is 356 g/mol. The molecule has 1 aromatic carbocycles. The number of aromatic nitrogens is 1. The topological polar surface area (TPSA) is 70.4 Å². The molecule has 0 fully saturated rings. The minimum Gasteiger partial charge on any atom is -0.471 e. The summed E-state index contributed by atoms with van der Waals surface area (Å²) in [5.74, 6) is -0.696. The van der Waals surface area contributed by atoms with Crippen LogP contribution in [0.4, 0.5) is 18.9 Å². The van der Waals surface area contributed by atoms with E-state index in [1.54, 1.807) is 12.1 Å². The van der Waals surface area contributed by atoms with Gasteiger partial charge in [0, 0.05) is 24.2 Å². The lowest BCUT2D eigenvalue weighted by atomic mass is 10.2. The Kier molecular flexibility index (Phi) is 6.14. The number of nitrogens with zero attached hydrogens (tertiary/aromatic N) is 2. The van der Waals surface area contributed by atoms with Crippen LogP contribution in [0.15, 0.2) is 53.5 Å². The van der Waals surface area contributed by atoms with Crippen LogP contribution in [0.5, 0.6) is 5.88 Å².